The summed E-state index contributed by atoms with van der Waals surface area (Å²) in [4.78, 5) is 33.3. The molecule has 0 aliphatic rings. The molecule has 3 rings (SSSR count). The SMILES string of the molecule is Cc1nc(N=C(N)N)sc1-c1cccc(NC(=O)CC(CC(=O)O)c2cc(Cl)cc(Cl)c2O)c1. The van der Waals surface area contributed by atoms with Crippen molar-refractivity contribution < 1.29 is 19.8 Å². The first-order chi connectivity index (χ1) is 16.0. The van der Waals surface area contributed by atoms with Crippen LogP contribution in [-0.2, 0) is 9.59 Å². The number of aliphatic imine (C=N–C) groups is 1. The van der Waals surface area contributed by atoms with Crippen molar-refractivity contribution in [2.45, 2.75) is 25.7 Å². The molecule has 0 aliphatic carbocycles. The van der Waals surface area contributed by atoms with Crippen LogP contribution in [0.4, 0.5) is 10.8 Å². The highest BCUT2D eigenvalue weighted by molar-refractivity contribution is 7.18. The largest absolute Gasteiger partial charge is 0.506 e. The first-order valence-electron chi connectivity index (χ1n) is 9.90. The molecule has 2 aromatic carbocycles. The van der Waals surface area contributed by atoms with Crippen molar-refractivity contribution in [2.75, 3.05) is 5.32 Å². The molecule has 1 atom stereocenters. The fourth-order valence-electron chi connectivity index (χ4n) is 3.38. The number of nitrogens with zero attached hydrogens (tertiary/aromatic N) is 2. The second kappa shape index (κ2) is 10.7. The highest BCUT2D eigenvalue weighted by Gasteiger charge is 2.24. The fraction of sp³-hybridized carbons (Fsp3) is 0.182. The van der Waals surface area contributed by atoms with E-state index in [0.717, 1.165) is 16.1 Å². The van der Waals surface area contributed by atoms with Crippen LogP contribution in [0.1, 0.15) is 30.0 Å². The van der Waals surface area contributed by atoms with Crippen molar-refractivity contribution in [3.8, 4) is 16.2 Å². The Balaban J connectivity index is 1.82. The van der Waals surface area contributed by atoms with Crippen molar-refractivity contribution in [1.82, 2.24) is 4.98 Å². The van der Waals surface area contributed by atoms with Crippen molar-refractivity contribution in [1.29, 1.82) is 0 Å². The van der Waals surface area contributed by atoms with Crippen LogP contribution in [0.15, 0.2) is 41.4 Å². The number of aryl methyl sites for hydroxylation is 1. The minimum atomic E-state index is -1.13. The number of halogens is 2. The van der Waals surface area contributed by atoms with E-state index in [1.165, 1.54) is 23.5 Å². The van der Waals surface area contributed by atoms with E-state index in [2.05, 4.69) is 15.3 Å². The number of amides is 1. The summed E-state index contributed by atoms with van der Waals surface area (Å²) in [7, 11) is 0. The Bertz CT molecular complexity index is 1270. The molecule has 1 aromatic heterocycles. The molecule has 0 spiro atoms. The first kappa shape index (κ1) is 25.3. The number of aliphatic carboxylic acids is 1. The van der Waals surface area contributed by atoms with Gasteiger partial charge >= 0.3 is 5.97 Å². The number of nitrogens with one attached hydrogen (secondary N) is 1. The van der Waals surface area contributed by atoms with E-state index in [0.29, 0.717) is 10.8 Å². The van der Waals surface area contributed by atoms with Crippen molar-refractivity contribution >= 4 is 63.2 Å². The molecule has 0 bridgehead atoms. The number of anilines is 1. The number of hydrogen-bond donors (Lipinski definition) is 5. The minimum absolute atomic E-state index is 0.0222. The number of nitrogens with two attached hydrogens (primary N) is 2. The van der Waals surface area contributed by atoms with Gasteiger partial charge in [0.25, 0.3) is 0 Å². The number of aromatic nitrogens is 1. The molecule has 0 saturated carbocycles. The summed E-state index contributed by atoms with van der Waals surface area (Å²) < 4.78 is 0. The summed E-state index contributed by atoms with van der Waals surface area (Å²) in [5, 5.41) is 23.0. The van der Waals surface area contributed by atoms with Crippen LogP contribution < -0.4 is 16.8 Å². The number of thiazole rings is 1. The maximum Gasteiger partial charge on any atom is 0.303 e. The van der Waals surface area contributed by atoms with E-state index in [1.807, 2.05) is 13.0 Å². The van der Waals surface area contributed by atoms with E-state index < -0.39 is 24.2 Å². The molecule has 3 aromatic rings. The third-order valence-corrected chi connectivity index (χ3v) is 6.38. The summed E-state index contributed by atoms with van der Waals surface area (Å²) in [5.41, 5.74) is 13.1. The number of phenols is 1. The number of aromatic hydroxyl groups is 1. The molecule has 0 aliphatic heterocycles. The molecule has 9 nitrogen and oxygen atoms in total. The molecule has 0 fully saturated rings. The topological polar surface area (TPSA) is 164 Å². The standard InChI is InChI=1S/C22H21Cl2N5O4S/c1-10-20(34-22(27-10)29-21(25)26)11-3-2-4-14(5-11)28-17(30)6-12(7-18(31)32)15-8-13(23)9-16(24)19(15)33/h2-5,8-9,12,33H,6-7H2,1H3,(H,28,30)(H,31,32)(H4,25,26,27,29). The lowest BCUT2D eigenvalue weighted by Crippen LogP contribution is -2.21. The zero-order chi connectivity index (χ0) is 25.0. The molecule has 1 amide bonds. The first-order valence-corrected chi connectivity index (χ1v) is 11.5. The summed E-state index contributed by atoms with van der Waals surface area (Å²) in [6.45, 7) is 1.82. The molecule has 34 heavy (non-hydrogen) atoms. The van der Waals surface area contributed by atoms with Crippen molar-refractivity contribution in [3.63, 3.8) is 0 Å². The predicted octanol–water partition coefficient (Wildman–Crippen LogP) is 4.62. The molecule has 0 saturated heterocycles. The normalized spacial score (nSPS) is 11.6. The van der Waals surface area contributed by atoms with Crippen LogP contribution in [0.2, 0.25) is 10.0 Å². The molecule has 1 unspecified atom stereocenters. The highest BCUT2D eigenvalue weighted by atomic mass is 35.5. The van der Waals surface area contributed by atoms with Crippen LogP contribution >= 0.6 is 34.5 Å². The van der Waals surface area contributed by atoms with Gasteiger partial charge in [0.05, 0.1) is 22.0 Å². The number of rotatable bonds is 8. The zero-order valence-corrected chi connectivity index (χ0v) is 20.2. The van der Waals surface area contributed by atoms with Gasteiger partial charge in [-0.3, -0.25) is 9.59 Å². The second-order valence-electron chi connectivity index (χ2n) is 7.40. The van der Waals surface area contributed by atoms with Gasteiger partial charge in [0.15, 0.2) is 5.96 Å². The Morgan fingerprint density at radius 2 is 1.94 bits per heavy atom. The predicted molar refractivity (Wildman–Crippen MR) is 134 cm³/mol. The van der Waals surface area contributed by atoms with E-state index in [-0.39, 0.29) is 33.7 Å². The van der Waals surface area contributed by atoms with Gasteiger partial charge < -0.3 is 27.0 Å². The number of carboxylic acid groups (broad SMARTS) is 1. The number of carbonyl (C=O) groups is 2. The number of benzene rings is 2. The average Bonchev–Trinajstić information content (AvgIpc) is 3.09. The van der Waals surface area contributed by atoms with Gasteiger partial charge in [-0.05, 0) is 36.8 Å². The van der Waals surface area contributed by atoms with Crippen molar-refractivity contribution in [2.24, 2.45) is 16.5 Å². The number of phenolic OH excluding ortho intramolecular Hbond substituents is 1. The molecule has 12 heteroatoms. The lowest BCUT2D eigenvalue weighted by Gasteiger charge is -2.18. The van der Waals surface area contributed by atoms with E-state index in [4.69, 9.17) is 34.7 Å². The van der Waals surface area contributed by atoms with E-state index in [9.17, 15) is 19.8 Å². The van der Waals surface area contributed by atoms with Gasteiger partial charge in [-0.15, -0.1) is 0 Å². The van der Waals surface area contributed by atoms with Crippen LogP contribution in [0.25, 0.3) is 10.4 Å². The maximum absolute atomic E-state index is 12.8. The Morgan fingerprint density at radius 1 is 1.21 bits per heavy atom. The van der Waals surface area contributed by atoms with Crippen LogP contribution in [0.3, 0.4) is 0 Å². The highest BCUT2D eigenvalue weighted by Crippen LogP contribution is 2.39. The van der Waals surface area contributed by atoms with Gasteiger partial charge in [0, 0.05) is 28.6 Å². The minimum Gasteiger partial charge on any atom is -0.506 e. The lowest BCUT2D eigenvalue weighted by atomic mass is 9.91. The fourth-order valence-corrected chi connectivity index (χ4v) is 4.85. The second-order valence-corrected chi connectivity index (χ2v) is 9.22. The van der Waals surface area contributed by atoms with E-state index in [1.54, 1.807) is 18.2 Å². The van der Waals surface area contributed by atoms with Gasteiger partial charge in [0.2, 0.25) is 11.0 Å². The summed E-state index contributed by atoms with van der Waals surface area (Å²) >= 11 is 13.3. The Hall–Kier alpha value is -3.34. The molecule has 7 N–H and O–H groups in total. The number of carbonyl (C=O) groups excluding carboxylic acids is 1. The number of hydrogen-bond acceptors (Lipinski definition) is 6. The van der Waals surface area contributed by atoms with Crippen LogP contribution in [-0.4, -0.2) is 33.0 Å². The van der Waals surface area contributed by atoms with Gasteiger partial charge in [-0.25, -0.2) is 4.98 Å². The average molecular weight is 522 g/mol. The third kappa shape index (κ3) is 6.37. The Morgan fingerprint density at radius 3 is 2.62 bits per heavy atom. The maximum atomic E-state index is 12.8. The summed E-state index contributed by atoms with van der Waals surface area (Å²) in [5.74, 6) is -2.81. The van der Waals surface area contributed by atoms with Crippen molar-refractivity contribution in [3.05, 3.63) is 57.7 Å². The zero-order valence-electron chi connectivity index (χ0n) is 17.9. The summed E-state index contributed by atoms with van der Waals surface area (Å²) in [6, 6.07) is 9.83. The Labute approximate surface area is 209 Å². The molecular weight excluding hydrogens is 501 g/mol. The monoisotopic (exact) mass is 521 g/mol. The van der Waals surface area contributed by atoms with Crippen LogP contribution in [0, 0.1) is 6.92 Å². The molecule has 178 valence electrons. The summed E-state index contributed by atoms with van der Waals surface area (Å²) in [6.07, 6.45) is -0.611. The lowest BCUT2D eigenvalue weighted by molar-refractivity contribution is -0.137. The molecular formula is C22H21Cl2N5O4S. The smallest absolute Gasteiger partial charge is 0.303 e. The number of guanidine groups is 1. The van der Waals surface area contributed by atoms with E-state index >= 15 is 0 Å². The third-order valence-electron chi connectivity index (χ3n) is 4.77. The van der Waals surface area contributed by atoms with Gasteiger partial charge in [-0.1, -0.05) is 46.7 Å². The van der Waals surface area contributed by atoms with Gasteiger partial charge in [0.1, 0.15) is 5.75 Å². The quantitative estimate of drug-likeness (QED) is 0.213. The molecule has 0 radical (unpaired) electrons. The van der Waals surface area contributed by atoms with Crippen LogP contribution in [0.5, 0.6) is 5.75 Å². The van der Waals surface area contributed by atoms with Gasteiger partial charge in [-0.2, -0.15) is 4.99 Å². The number of carboxylic acids is 1. The molecule has 1 heterocycles. The Kier molecular flexibility index (Phi) is 7.98.